The van der Waals surface area contributed by atoms with Crippen LogP contribution < -0.4 is 5.32 Å². The summed E-state index contributed by atoms with van der Waals surface area (Å²) in [6.45, 7) is 1.56. The molecule has 1 saturated carbocycles. The van der Waals surface area contributed by atoms with Gasteiger partial charge in [0.1, 0.15) is 4.88 Å². The first-order valence-corrected chi connectivity index (χ1v) is 8.89. The molecule has 8 nitrogen and oxygen atoms in total. The molecule has 1 aliphatic rings. The van der Waals surface area contributed by atoms with Crippen molar-refractivity contribution in [2.45, 2.75) is 25.7 Å². The van der Waals surface area contributed by atoms with Crippen LogP contribution in [-0.2, 0) is 0 Å². The minimum Gasteiger partial charge on any atom is -0.333 e. The van der Waals surface area contributed by atoms with E-state index < -0.39 is 10.8 Å². The number of hydrogen-bond donors (Lipinski definition) is 1. The fourth-order valence-corrected chi connectivity index (χ4v) is 3.43. The van der Waals surface area contributed by atoms with Gasteiger partial charge in [0.15, 0.2) is 5.82 Å². The zero-order chi connectivity index (χ0) is 18.3. The number of nitro groups is 1. The molecule has 0 radical (unpaired) electrons. The second-order valence-electron chi connectivity index (χ2n) is 6.06. The standard InChI is InChI=1S/C17H14N4O4S/c1-9-11(3-2-4-13(9)21(23)24)16(22)18-12-7-8-26-14(12)17-19-15(20-25-17)10-5-6-10/h2-4,7-8,10H,5-6H2,1H3,(H,18,22). The van der Waals surface area contributed by atoms with Crippen LogP contribution in [-0.4, -0.2) is 21.0 Å². The van der Waals surface area contributed by atoms with Gasteiger partial charge >= 0.3 is 0 Å². The lowest BCUT2D eigenvalue weighted by atomic mass is 10.1. The second-order valence-corrected chi connectivity index (χ2v) is 6.97. The van der Waals surface area contributed by atoms with Crippen molar-refractivity contribution >= 4 is 28.6 Å². The van der Waals surface area contributed by atoms with E-state index in [1.807, 2.05) is 5.38 Å². The molecule has 1 amide bonds. The Balaban J connectivity index is 1.60. The number of rotatable bonds is 5. The van der Waals surface area contributed by atoms with Crippen molar-refractivity contribution in [1.29, 1.82) is 0 Å². The molecule has 2 heterocycles. The fourth-order valence-electron chi connectivity index (χ4n) is 2.66. The topological polar surface area (TPSA) is 111 Å². The number of nitrogens with zero attached hydrogens (tertiary/aromatic N) is 3. The molecule has 3 aromatic rings. The molecular formula is C17H14N4O4S. The largest absolute Gasteiger partial charge is 0.333 e. The van der Waals surface area contributed by atoms with Gasteiger partial charge in [0, 0.05) is 23.1 Å². The Morgan fingerprint density at radius 3 is 2.92 bits per heavy atom. The maximum absolute atomic E-state index is 12.6. The summed E-state index contributed by atoms with van der Waals surface area (Å²) in [6.07, 6.45) is 2.14. The van der Waals surface area contributed by atoms with Gasteiger partial charge in [-0.05, 0) is 37.3 Å². The molecule has 4 rings (SSSR count). The Morgan fingerprint density at radius 2 is 2.19 bits per heavy atom. The van der Waals surface area contributed by atoms with Crippen LogP contribution in [0.4, 0.5) is 11.4 Å². The van der Waals surface area contributed by atoms with Crippen molar-refractivity contribution in [1.82, 2.24) is 10.1 Å². The zero-order valence-electron chi connectivity index (χ0n) is 13.8. The smallest absolute Gasteiger partial charge is 0.273 e. The molecule has 0 atom stereocenters. The minimum absolute atomic E-state index is 0.0887. The predicted molar refractivity (Wildman–Crippen MR) is 95.4 cm³/mol. The van der Waals surface area contributed by atoms with Crippen LogP contribution in [0.1, 0.15) is 40.5 Å². The zero-order valence-corrected chi connectivity index (χ0v) is 14.6. The van der Waals surface area contributed by atoms with Crippen LogP contribution in [0.25, 0.3) is 10.8 Å². The molecule has 1 fully saturated rings. The number of benzene rings is 1. The molecule has 26 heavy (non-hydrogen) atoms. The maximum atomic E-state index is 12.6. The van der Waals surface area contributed by atoms with E-state index in [2.05, 4.69) is 15.5 Å². The van der Waals surface area contributed by atoms with Crippen molar-refractivity contribution in [3.63, 3.8) is 0 Å². The SMILES string of the molecule is Cc1c(C(=O)Nc2ccsc2-c2nc(C3CC3)no2)cccc1[N+](=O)[O-]. The van der Waals surface area contributed by atoms with Crippen LogP contribution in [0.3, 0.4) is 0 Å². The average Bonchev–Trinajstić information content (AvgIpc) is 3.16. The average molecular weight is 370 g/mol. The molecule has 1 N–H and O–H groups in total. The molecule has 1 aliphatic carbocycles. The molecule has 0 aliphatic heterocycles. The highest BCUT2D eigenvalue weighted by atomic mass is 32.1. The van der Waals surface area contributed by atoms with Crippen LogP contribution in [0, 0.1) is 17.0 Å². The number of carbonyl (C=O) groups excluding carboxylic acids is 1. The minimum atomic E-state index is -0.500. The summed E-state index contributed by atoms with van der Waals surface area (Å²) < 4.78 is 5.32. The highest BCUT2D eigenvalue weighted by Crippen LogP contribution is 2.40. The van der Waals surface area contributed by atoms with Crippen molar-refractivity contribution in [2.24, 2.45) is 0 Å². The van der Waals surface area contributed by atoms with Gasteiger partial charge in [-0.15, -0.1) is 11.3 Å². The van der Waals surface area contributed by atoms with E-state index >= 15 is 0 Å². The fraction of sp³-hybridized carbons (Fsp3) is 0.235. The molecule has 1 aromatic carbocycles. The Labute approximate surface area is 152 Å². The first-order chi connectivity index (χ1) is 12.5. The van der Waals surface area contributed by atoms with Gasteiger partial charge in [-0.25, -0.2) is 0 Å². The lowest BCUT2D eigenvalue weighted by Crippen LogP contribution is -2.14. The van der Waals surface area contributed by atoms with E-state index in [-0.39, 0.29) is 11.3 Å². The molecule has 0 spiro atoms. The number of anilines is 1. The molecule has 0 unspecified atom stereocenters. The van der Waals surface area contributed by atoms with Crippen LogP contribution in [0.5, 0.6) is 0 Å². The Kier molecular flexibility index (Phi) is 4.00. The summed E-state index contributed by atoms with van der Waals surface area (Å²) in [6, 6.07) is 6.17. The van der Waals surface area contributed by atoms with Crippen molar-refractivity contribution in [3.05, 3.63) is 56.7 Å². The lowest BCUT2D eigenvalue weighted by Gasteiger charge is -2.07. The Morgan fingerprint density at radius 1 is 1.38 bits per heavy atom. The van der Waals surface area contributed by atoms with Crippen LogP contribution in [0.15, 0.2) is 34.2 Å². The molecule has 0 bridgehead atoms. The van der Waals surface area contributed by atoms with Crippen molar-refractivity contribution in [3.8, 4) is 10.8 Å². The Hall–Kier alpha value is -3.07. The number of hydrogen-bond acceptors (Lipinski definition) is 7. The van der Waals surface area contributed by atoms with Gasteiger partial charge in [-0.3, -0.25) is 14.9 Å². The normalized spacial score (nSPS) is 13.6. The first-order valence-electron chi connectivity index (χ1n) is 8.01. The van der Waals surface area contributed by atoms with Crippen molar-refractivity contribution < 1.29 is 14.2 Å². The molecule has 132 valence electrons. The molecule has 9 heteroatoms. The summed E-state index contributed by atoms with van der Waals surface area (Å²) in [5.74, 6) is 1.01. The maximum Gasteiger partial charge on any atom is 0.273 e. The van der Waals surface area contributed by atoms with Gasteiger partial charge in [0.2, 0.25) is 0 Å². The van der Waals surface area contributed by atoms with Gasteiger partial charge < -0.3 is 9.84 Å². The summed E-state index contributed by atoms with van der Waals surface area (Å²) in [5, 5.41) is 19.7. The van der Waals surface area contributed by atoms with Crippen LogP contribution >= 0.6 is 11.3 Å². The first kappa shape index (κ1) is 16.4. The van der Waals surface area contributed by atoms with E-state index in [0.717, 1.165) is 12.8 Å². The molecular weight excluding hydrogens is 356 g/mol. The number of nitro benzene ring substituents is 1. The summed E-state index contributed by atoms with van der Waals surface area (Å²) in [7, 11) is 0. The number of carbonyl (C=O) groups is 1. The van der Waals surface area contributed by atoms with E-state index in [1.165, 1.54) is 23.5 Å². The quantitative estimate of drug-likeness (QED) is 0.533. The number of aromatic nitrogens is 2. The third-order valence-electron chi connectivity index (χ3n) is 4.24. The number of amides is 1. The molecule has 2 aromatic heterocycles. The lowest BCUT2D eigenvalue weighted by molar-refractivity contribution is -0.385. The van der Waals surface area contributed by atoms with E-state index in [0.29, 0.717) is 33.8 Å². The summed E-state index contributed by atoms with van der Waals surface area (Å²) in [5.41, 5.74) is 1.02. The number of thiophene rings is 1. The van der Waals surface area contributed by atoms with E-state index in [4.69, 9.17) is 4.52 Å². The predicted octanol–water partition coefficient (Wildman–Crippen LogP) is 4.14. The third kappa shape index (κ3) is 2.97. The highest BCUT2D eigenvalue weighted by molar-refractivity contribution is 7.14. The van der Waals surface area contributed by atoms with E-state index in [1.54, 1.807) is 19.1 Å². The Bertz CT molecular complexity index is 1010. The van der Waals surface area contributed by atoms with Gasteiger partial charge in [-0.2, -0.15) is 4.98 Å². The van der Waals surface area contributed by atoms with Gasteiger partial charge in [0.05, 0.1) is 10.6 Å². The number of nitrogens with one attached hydrogen (secondary N) is 1. The van der Waals surface area contributed by atoms with E-state index in [9.17, 15) is 14.9 Å². The molecule has 0 saturated heterocycles. The summed E-state index contributed by atoms with van der Waals surface area (Å²) >= 11 is 1.38. The van der Waals surface area contributed by atoms with Gasteiger partial charge in [-0.1, -0.05) is 11.2 Å². The van der Waals surface area contributed by atoms with Crippen LogP contribution in [0.2, 0.25) is 0 Å². The summed E-state index contributed by atoms with van der Waals surface area (Å²) in [4.78, 5) is 28.3. The monoisotopic (exact) mass is 370 g/mol. The van der Waals surface area contributed by atoms with Gasteiger partial charge in [0.25, 0.3) is 17.5 Å². The third-order valence-corrected chi connectivity index (χ3v) is 5.14. The second kappa shape index (κ2) is 6.34. The van der Waals surface area contributed by atoms with Crippen molar-refractivity contribution in [2.75, 3.05) is 5.32 Å². The highest BCUT2D eigenvalue weighted by Gasteiger charge is 2.29.